The summed E-state index contributed by atoms with van der Waals surface area (Å²) in [7, 11) is 0. The summed E-state index contributed by atoms with van der Waals surface area (Å²) in [4.78, 5) is 12.6. The molecule has 2 aromatic rings. The quantitative estimate of drug-likeness (QED) is 0.792. The van der Waals surface area contributed by atoms with Gasteiger partial charge in [-0.3, -0.25) is 4.79 Å². The number of rotatable bonds is 5. The molecule has 0 saturated heterocycles. The van der Waals surface area contributed by atoms with Crippen LogP contribution >= 0.6 is 0 Å². The monoisotopic (exact) mass is 339 g/mol. The molecular formula is C22H29NO2. The molecule has 1 N–H and O–H groups in total. The molecule has 25 heavy (non-hydrogen) atoms. The van der Waals surface area contributed by atoms with Crippen LogP contribution in [0, 0.1) is 13.8 Å². The predicted octanol–water partition coefficient (Wildman–Crippen LogP) is 5.40. The van der Waals surface area contributed by atoms with Gasteiger partial charge in [0.25, 0.3) is 5.91 Å². The van der Waals surface area contributed by atoms with Gasteiger partial charge in [0.1, 0.15) is 5.75 Å². The summed E-state index contributed by atoms with van der Waals surface area (Å²) in [5.74, 6) is 0.602. The Balaban J connectivity index is 2.07. The van der Waals surface area contributed by atoms with Crippen molar-refractivity contribution in [2.75, 3.05) is 5.32 Å². The summed E-state index contributed by atoms with van der Waals surface area (Å²) < 4.78 is 5.92. The number of benzene rings is 2. The van der Waals surface area contributed by atoms with Gasteiger partial charge in [0.05, 0.1) is 0 Å². The summed E-state index contributed by atoms with van der Waals surface area (Å²) in [6.07, 6.45) is 0.0961. The minimum atomic E-state index is -0.513. The molecule has 1 amide bonds. The fourth-order valence-electron chi connectivity index (χ4n) is 2.69. The molecule has 2 rings (SSSR count). The molecule has 0 aromatic heterocycles. The van der Waals surface area contributed by atoms with Crippen molar-refractivity contribution in [1.82, 2.24) is 0 Å². The fraction of sp³-hybridized carbons (Fsp3) is 0.409. The molecule has 1 atom stereocenters. The maximum absolute atomic E-state index is 12.6. The molecule has 3 nitrogen and oxygen atoms in total. The number of nitrogens with one attached hydrogen (secondary N) is 1. The topological polar surface area (TPSA) is 38.3 Å². The lowest BCUT2D eigenvalue weighted by Crippen LogP contribution is -2.32. The molecule has 0 fully saturated rings. The van der Waals surface area contributed by atoms with E-state index in [4.69, 9.17) is 4.74 Å². The minimum Gasteiger partial charge on any atom is -0.481 e. The standard InChI is InChI=1S/C22H29NO2/c1-7-20(21(24)23-19-13-8-15(2)14-16(19)3)25-18-11-9-17(10-12-18)22(4,5)6/h8-14,20H,7H2,1-6H3,(H,23,24)/t20-/m1/s1. The Morgan fingerprint density at radius 2 is 1.72 bits per heavy atom. The van der Waals surface area contributed by atoms with Crippen LogP contribution in [0.15, 0.2) is 42.5 Å². The number of aryl methyl sites for hydroxylation is 2. The molecule has 0 aliphatic carbocycles. The number of hydrogen-bond acceptors (Lipinski definition) is 2. The number of ether oxygens (including phenoxy) is 1. The highest BCUT2D eigenvalue weighted by atomic mass is 16.5. The van der Waals surface area contributed by atoms with Crippen LogP contribution < -0.4 is 10.1 Å². The first-order valence-electron chi connectivity index (χ1n) is 8.86. The molecule has 3 heteroatoms. The lowest BCUT2D eigenvalue weighted by Gasteiger charge is -2.21. The van der Waals surface area contributed by atoms with Crippen molar-refractivity contribution in [3.05, 3.63) is 59.2 Å². The van der Waals surface area contributed by atoms with Crippen molar-refractivity contribution in [1.29, 1.82) is 0 Å². The van der Waals surface area contributed by atoms with E-state index in [2.05, 4.69) is 44.3 Å². The molecule has 0 heterocycles. The van der Waals surface area contributed by atoms with Crippen molar-refractivity contribution in [2.24, 2.45) is 0 Å². The van der Waals surface area contributed by atoms with E-state index < -0.39 is 6.10 Å². The highest BCUT2D eigenvalue weighted by molar-refractivity contribution is 5.95. The normalized spacial score (nSPS) is 12.6. The van der Waals surface area contributed by atoms with Gasteiger partial charge in [-0.15, -0.1) is 0 Å². The summed E-state index contributed by atoms with van der Waals surface area (Å²) in [6, 6.07) is 14.0. The molecule has 0 saturated carbocycles. The molecule has 0 unspecified atom stereocenters. The number of hydrogen-bond donors (Lipinski definition) is 1. The van der Waals surface area contributed by atoms with Crippen LogP contribution in [0.4, 0.5) is 5.69 Å². The second-order valence-corrected chi connectivity index (χ2v) is 7.60. The van der Waals surface area contributed by atoms with E-state index in [1.165, 1.54) is 11.1 Å². The van der Waals surface area contributed by atoms with Crippen molar-refractivity contribution in [3.8, 4) is 5.75 Å². The van der Waals surface area contributed by atoms with Crippen molar-refractivity contribution < 1.29 is 9.53 Å². The predicted molar refractivity (Wildman–Crippen MR) is 104 cm³/mol. The maximum Gasteiger partial charge on any atom is 0.265 e. The summed E-state index contributed by atoms with van der Waals surface area (Å²) in [6.45, 7) is 12.5. The number of carbonyl (C=O) groups excluding carboxylic acids is 1. The molecule has 134 valence electrons. The Bertz CT molecular complexity index is 727. The van der Waals surface area contributed by atoms with Crippen molar-refractivity contribution in [3.63, 3.8) is 0 Å². The van der Waals surface area contributed by atoms with Crippen LogP contribution in [-0.4, -0.2) is 12.0 Å². The average molecular weight is 339 g/mol. The van der Waals surface area contributed by atoms with Gasteiger partial charge in [-0.2, -0.15) is 0 Å². The Morgan fingerprint density at radius 1 is 1.08 bits per heavy atom. The van der Waals surface area contributed by atoms with Gasteiger partial charge in [0.2, 0.25) is 0 Å². The number of amides is 1. The van der Waals surface area contributed by atoms with Crippen LogP contribution in [-0.2, 0) is 10.2 Å². The van der Waals surface area contributed by atoms with E-state index >= 15 is 0 Å². The SMILES string of the molecule is CC[C@@H](Oc1ccc(C(C)(C)C)cc1)C(=O)Nc1ccc(C)cc1C. The van der Waals surface area contributed by atoms with E-state index in [-0.39, 0.29) is 11.3 Å². The highest BCUT2D eigenvalue weighted by Gasteiger charge is 2.20. The summed E-state index contributed by atoms with van der Waals surface area (Å²) >= 11 is 0. The van der Waals surface area contributed by atoms with Gasteiger partial charge in [-0.05, 0) is 55.0 Å². The average Bonchev–Trinajstić information content (AvgIpc) is 2.54. The molecule has 0 radical (unpaired) electrons. The lowest BCUT2D eigenvalue weighted by molar-refractivity contribution is -0.122. The number of carbonyl (C=O) groups is 1. The zero-order valence-electron chi connectivity index (χ0n) is 16.1. The van der Waals surface area contributed by atoms with Gasteiger partial charge in [-0.25, -0.2) is 0 Å². The largest absolute Gasteiger partial charge is 0.481 e. The Labute approximate surface area is 151 Å². The first-order valence-corrected chi connectivity index (χ1v) is 8.86. The second kappa shape index (κ2) is 7.73. The lowest BCUT2D eigenvalue weighted by atomic mass is 9.87. The Kier molecular flexibility index (Phi) is 5.89. The van der Waals surface area contributed by atoms with Crippen LogP contribution in [0.3, 0.4) is 0 Å². The molecular weight excluding hydrogens is 310 g/mol. The van der Waals surface area contributed by atoms with Gasteiger partial charge in [0, 0.05) is 5.69 Å². The second-order valence-electron chi connectivity index (χ2n) is 7.60. The zero-order valence-corrected chi connectivity index (χ0v) is 16.1. The Morgan fingerprint density at radius 3 is 2.24 bits per heavy atom. The van der Waals surface area contributed by atoms with Crippen LogP contribution in [0.25, 0.3) is 0 Å². The van der Waals surface area contributed by atoms with Gasteiger partial charge >= 0.3 is 0 Å². The third-order valence-corrected chi connectivity index (χ3v) is 4.30. The van der Waals surface area contributed by atoms with Crippen LogP contribution in [0.5, 0.6) is 5.75 Å². The molecule has 2 aromatic carbocycles. The minimum absolute atomic E-state index is 0.100. The first-order chi connectivity index (χ1) is 11.7. The Hall–Kier alpha value is -2.29. The smallest absolute Gasteiger partial charge is 0.265 e. The van der Waals surface area contributed by atoms with Crippen LogP contribution in [0.2, 0.25) is 0 Å². The van der Waals surface area contributed by atoms with E-state index in [1.54, 1.807) is 0 Å². The number of anilines is 1. The molecule has 0 aliphatic heterocycles. The third-order valence-electron chi connectivity index (χ3n) is 4.30. The van der Waals surface area contributed by atoms with E-state index in [0.717, 1.165) is 17.0 Å². The van der Waals surface area contributed by atoms with Gasteiger partial charge in [0.15, 0.2) is 6.10 Å². The summed E-state index contributed by atoms with van der Waals surface area (Å²) in [5.41, 5.74) is 4.41. The highest BCUT2D eigenvalue weighted by Crippen LogP contribution is 2.25. The van der Waals surface area contributed by atoms with Crippen LogP contribution in [0.1, 0.15) is 50.8 Å². The van der Waals surface area contributed by atoms with Crippen molar-refractivity contribution in [2.45, 2.75) is 59.5 Å². The fourth-order valence-corrected chi connectivity index (χ4v) is 2.69. The zero-order chi connectivity index (χ0) is 18.6. The molecule has 0 aliphatic rings. The molecule has 0 bridgehead atoms. The third kappa shape index (κ3) is 5.09. The molecule has 0 spiro atoms. The van der Waals surface area contributed by atoms with E-state index in [1.807, 2.05) is 45.0 Å². The first kappa shape index (κ1) is 19.0. The van der Waals surface area contributed by atoms with Gasteiger partial charge in [-0.1, -0.05) is 57.5 Å². The maximum atomic E-state index is 12.6. The van der Waals surface area contributed by atoms with E-state index in [9.17, 15) is 4.79 Å². The van der Waals surface area contributed by atoms with Crippen molar-refractivity contribution >= 4 is 11.6 Å². The van der Waals surface area contributed by atoms with Gasteiger partial charge < -0.3 is 10.1 Å². The van der Waals surface area contributed by atoms with E-state index in [0.29, 0.717) is 6.42 Å². The summed E-state index contributed by atoms with van der Waals surface area (Å²) in [5, 5.41) is 2.98.